The molecule has 1 amide bonds. The first-order chi connectivity index (χ1) is 12.4. The van der Waals surface area contributed by atoms with Gasteiger partial charge in [-0.25, -0.2) is 0 Å². The maximum Gasteiger partial charge on any atom is 0.290 e. The second-order valence-electron chi connectivity index (χ2n) is 7.74. The van der Waals surface area contributed by atoms with Crippen molar-refractivity contribution < 1.29 is 14.7 Å². The van der Waals surface area contributed by atoms with E-state index in [0.717, 1.165) is 31.2 Å². The Kier molecular flexibility index (Phi) is 5.71. The van der Waals surface area contributed by atoms with Gasteiger partial charge in [0.25, 0.3) is 5.91 Å². The molecule has 1 heterocycles. The topological polar surface area (TPSA) is 57.6 Å². The molecule has 0 spiro atoms. The molecule has 0 radical (unpaired) electrons. The van der Waals surface area contributed by atoms with Crippen molar-refractivity contribution in [1.29, 1.82) is 0 Å². The molecular weight excluding hydrogens is 350 g/mol. The minimum Gasteiger partial charge on any atom is -0.503 e. The highest BCUT2D eigenvalue weighted by atomic mass is 35.5. The molecule has 5 heteroatoms. The highest BCUT2D eigenvalue weighted by Gasteiger charge is 2.46. The molecule has 2 aliphatic rings. The summed E-state index contributed by atoms with van der Waals surface area (Å²) >= 11 is 6.02. The molecule has 140 valence electrons. The predicted molar refractivity (Wildman–Crippen MR) is 102 cm³/mol. The van der Waals surface area contributed by atoms with Gasteiger partial charge in [0.15, 0.2) is 11.5 Å². The second kappa shape index (κ2) is 7.83. The minimum absolute atomic E-state index is 0.0587. The van der Waals surface area contributed by atoms with Gasteiger partial charge in [-0.2, -0.15) is 0 Å². The van der Waals surface area contributed by atoms with E-state index in [9.17, 15) is 14.7 Å². The molecule has 1 aromatic carbocycles. The van der Waals surface area contributed by atoms with E-state index in [1.165, 1.54) is 6.42 Å². The lowest BCUT2D eigenvalue weighted by Gasteiger charge is -2.36. The van der Waals surface area contributed by atoms with Crippen LogP contribution >= 0.6 is 11.6 Å². The number of hydrogen-bond acceptors (Lipinski definition) is 3. The molecule has 26 heavy (non-hydrogen) atoms. The maximum absolute atomic E-state index is 12.9. The van der Waals surface area contributed by atoms with Crippen molar-refractivity contribution in [2.75, 3.05) is 0 Å². The average molecular weight is 376 g/mol. The molecule has 4 nitrogen and oxygen atoms in total. The zero-order valence-electron chi connectivity index (χ0n) is 15.4. The Balaban J connectivity index is 2.03. The average Bonchev–Trinajstić information content (AvgIpc) is 2.87. The zero-order valence-corrected chi connectivity index (χ0v) is 16.1. The van der Waals surface area contributed by atoms with Gasteiger partial charge in [0.05, 0.1) is 11.6 Å². The van der Waals surface area contributed by atoms with Crippen molar-refractivity contribution in [3.63, 3.8) is 0 Å². The van der Waals surface area contributed by atoms with Crippen LogP contribution in [-0.4, -0.2) is 27.7 Å². The van der Waals surface area contributed by atoms with Gasteiger partial charge in [0, 0.05) is 17.5 Å². The summed E-state index contributed by atoms with van der Waals surface area (Å²) in [6.07, 6.45) is 5.44. The van der Waals surface area contributed by atoms with Crippen LogP contribution in [0, 0.1) is 5.92 Å². The molecular formula is C21H26ClNO3. The number of hydrogen-bond donors (Lipinski definition) is 1. The fourth-order valence-electron chi connectivity index (χ4n) is 4.10. The van der Waals surface area contributed by atoms with Crippen LogP contribution in [0.3, 0.4) is 0 Å². The minimum atomic E-state index is -0.519. The Hall–Kier alpha value is -1.81. The van der Waals surface area contributed by atoms with Crippen molar-refractivity contribution in [1.82, 2.24) is 4.90 Å². The molecule has 0 bridgehead atoms. The number of carbonyl (C=O) groups excluding carboxylic acids is 2. The highest BCUT2D eigenvalue weighted by molar-refractivity contribution is 6.30. The second-order valence-corrected chi connectivity index (χ2v) is 8.18. The van der Waals surface area contributed by atoms with Crippen LogP contribution in [0.2, 0.25) is 5.02 Å². The number of Topliss-reactive ketones (excluding diaryl/α,β-unsaturated/α-hetero) is 1. The normalized spacial score (nSPS) is 21.8. The molecule has 1 fully saturated rings. The summed E-state index contributed by atoms with van der Waals surface area (Å²) in [6, 6.07) is 6.76. The van der Waals surface area contributed by atoms with Gasteiger partial charge < -0.3 is 10.0 Å². The van der Waals surface area contributed by atoms with E-state index in [2.05, 4.69) is 0 Å². The Morgan fingerprint density at radius 2 is 1.81 bits per heavy atom. The van der Waals surface area contributed by atoms with Crippen LogP contribution in [0.25, 0.3) is 0 Å². The molecule has 1 unspecified atom stereocenters. The van der Waals surface area contributed by atoms with Gasteiger partial charge in [-0.3, -0.25) is 9.59 Å². The van der Waals surface area contributed by atoms with Crippen LogP contribution in [-0.2, 0) is 9.59 Å². The van der Waals surface area contributed by atoms with Gasteiger partial charge in [-0.1, -0.05) is 56.8 Å². The van der Waals surface area contributed by atoms with Crippen molar-refractivity contribution >= 4 is 23.3 Å². The SMILES string of the molecule is CC(C)CC(=O)C1=C(O)C(=O)N(C2CCCCC2)C1c1ccc(Cl)cc1. The lowest BCUT2D eigenvalue weighted by Crippen LogP contribution is -2.41. The quantitative estimate of drug-likeness (QED) is 0.789. The van der Waals surface area contributed by atoms with Crippen LogP contribution in [0.1, 0.15) is 64.0 Å². The Morgan fingerprint density at radius 1 is 1.19 bits per heavy atom. The van der Waals surface area contributed by atoms with Gasteiger partial charge in [-0.15, -0.1) is 0 Å². The first-order valence-electron chi connectivity index (χ1n) is 9.44. The smallest absolute Gasteiger partial charge is 0.290 e. The van der Waals surface area contributed by atoms with Crippen molar-refractivity contribution in [3.8, 4) is 0 Å². The van der Waals surface area contributed by atoms with Gasteiger partial charge in [0.1, 0.15) is 0 Å². The molecule has 0 saturated heterocycles. The summed E-state index contributed by atoms with van der Waals surface area (Å²) in [7, 11) is 0. The number of halogens is 1. The number of carbonyl (C=O) groups is 2. The van der Waals surface area contributed by atoms with Crippen LogP contribution in [0.4, 0.5) is 0 Å². The summed E-state index contributed by atoms with van der Waals surface area (Å²) in [4.78, 5) is 27.5. The van der Waals surface area contributed by atoms with Crippen LogP contribution in [0.5, 0.6) is 0 Å². The van der Waals surface area contributed by atoms with E-state index in [1.54, 1.807) is 17.0 Å². The molecule has 1 saturated carbocycles. The highest BCUT2D eigenvalue weighted by Crippen LogP contribution is 2.42. The Bertz CT molecular complexity index is 717. The first kappa shape index (κ1) is 19.0. The van der Waals surface area contributed by atoms with Gasteiger partial charge in [0.2, 0.25) is 0 Å². The number of nitrogens with zero attached hydrogens (tertiary/aromatic N) is 1. The van der Waals surface area contributed by atoms with Crippen LogP contribution in [0.15, 0.2) is 35.6 Å². The Morgan fingerprint density at radius 3 is 2.38 bits per heavy atom. The molecule has 1 atom stereocenters. The maximum atomic E-state index is 12.9. The lowest BCUT2D eigenvalue weighted by atomic mass is 9.89. The third-order valence-electron chi connectivity index (χ3n) is 5.29. The molecule has 0 aromatic heterocycles. The van der Waals surface area contributed by atoms with Crippen molar-refractivity contribution in [2.45, 2.75) is 64.5 Å². The largest absolute Gasteiger partial charge is 0.503 e. The van der Waals surface area contributed by atoms with E-state index >= 15 is 0 Å². The summed E-state index contributed by atoms with van der Waals surface area (Å²) in [5.74, 6) is -0.776. The number of aliphatic hydroxyl groups is 1. The molecule has 1 aromatic rings. The standard InChI is InChI=1S/C21H26ClNO3/c1-13(2)12-17(24)18-19(14-8-10-15(22)11-9-14)23(21(26)20(18)25)16-6-4-3-5-7-16/h8-11,13,16,19,25H,3-7,12H2,1-2H3. The van der Waals surface area contributed by atoms with E-state index in [-0.39, 0.29) is 29.1 Å². The third kappa shape index (κ3) is 3.66. The summed E-state index contributed by atoms with van der Waals surface area (Å²) in [6.45, 7) is 3.92. The van der Waals surface area contributed by atoms with E-state index < -0.39 is 11.9 Å². The molecule has 1 aliphatic carbocycles. The summed E-state index contributed by atoms with van der Waals surface area (Å²) in [5.41, 5.74) is 1.07. The summed E-state index contributed by atoms with van der Waals surface area (Å²) < 4.78 is 0. The van der Waals surface area contributed by atoms with E-state index in [4.69, 9.17) is 11.6 Å². The zero-order chi connectivity index (χ0) is 18.8. The third-order valence-corrected chi connectivity index (χ3v) is 5.54. The van der Waals surface area contributed by atoms with E-state index in [0.29, 0.717) is 11.4 Å². The van der Waals surface area contributed by atoms with Gasteiger partial charge >= 0.3 is 0 Å². The number of amides is 1. The predicted octanol–water partition coefficient (Wildman–Crippen LogP) is 4.98. The monoisotopic (exact) mass is 375 g/mol. The number of rotatable bonds is 5. The lowest BCUT2D eigenvalue weighted by molar-refractivity contribution is -0.132. The molecule has 1 N–H and O–H groups in total. The van der Waals surface area contributed by atoms with Crippen molar-refractivity contribution in [3.05, 3.63) is 46.2 Å². The Labute approximate surface area is 159 Å². The van der Waals surface area contributed by atoms with Crippen molar-refractivity contribution in [2.24, 2.45) is 5.92 Å². The number of ketones is 1. The first-order valence-corrected chi connectivity index (χ1v) is 9.82. The summed E-state index contributed by atoms with van der Waals surface area (Å²) in [5, 5.41) is 11.2. The fourth-order valence-corrected chi connectivity index (χ4v) is 4.22. The molecule has 1 aliphatic heterocycles. The number of benzene rings is 1. The van der Waals surface area contributed by atoms with Gasteiger partial charge in [-0.05, 0) is 36.5 Å². The van der Waals surface area contributed by atoms with E-state index in [1.807, 2.05) is 26.0 Å². The molecule has 3 rings (SSSR count). The fraction of sp³-hybridized carbons (Fsp3) is 0.524. The number of aliphatic hydroxyl groups excluding tert-OH is 1. The van der Waals surface area contributed by atoms with Crippen LogP contribution < -0.4 is 0 Å².